The maximum atomic E-state index is 12.4. The molecule has 1 heterocycles. The van der Waals surface area contributed by atoms with Gasteiger partial charge in [-0.3, -0.25) is 19.2 Å². The van der Waals surface area contributed by atoms with E-state index in [1.165, 1.54) is 25.1 Å². The predicted molar refractivity (Wildman–Crippen MR) is 112 cm³/mol. The number of nitro groups is 1. The van der Waals surface area contributed by atoms with E-state index in [9.17, 15) is 23.3 Å². The zero-order valence-electron chi connectivity index (χ0n) is 16.7. The molecule has 2 aromatic carbocycles. The summed E-state index contributed by atoms with van der Waals surface area (Å²) in [7, 11) is -3.89. The molecule has 0 aliphatic carbocycles. The van der Waals surface area contributed by atoms with Crippen LogP contribution >= 0.6 is 0 Å². The number of benzene rings is 2. The van der Waals surface area contributed by atoms with E-state index in [0.717, 1.165) is 16.1 Å². The average Bonchev–Trinajstić information content (AvgIpc) is 3.20. The Hall–Kier alpha value is -3.80. The van der Waals surface area contributed by atoms with Crippen molar-refractivity contribution in [2.24, 2.45) is 0 Å². The minimum Gasteiger partial charge on any atom is -0.345 e. The summed E-state index contributed by atoms with van der Waals surface area (Å²) >= 11 is 0. The molecular formula is C19H19N5O6S. The zero-order valence-corrected chi connectivity index (χ0v) is 17.5. The van der Waals surface area contributed by atoms with Gasteiger partial charge in [0, 0.05) is 11.6 Å². The lowest BCUT2D eigenvalue weighted by Gasteiger charge is -2.23. The van der Waals surface area contributed by atoms with E-state index in [2.05, 4.69) is 15.5 Å². The highest BCUT2D eigenvalue weighted by Crippen LogP contribution is 2.29. The van der Waals surface area contributed by atoms with Crippen LogP contribution in [0.4, 0.5) is 11.4 Å². The Labute approximate surface area is 177 Å². The van der Waals surface area contributed by atoms with Crippen LogP contribution in [0.25, 0.3) is 11.4 Å². The molecule has 0 unspecified atom stereocenters. The molecule has 3 aromatic rings. The second kappa shape index (κ2) is 8.92. The van der Waals surface area contributed by atoms with Gasteiger partial charge in [-0.1, -0.05) is 41.6 Å². The molecule has 0 atom stereocenters. The summed E-state index contributed by atoms with van der Waals surface area (Å²) in [5.41, 5.74) is 0.685. The minimum absolute atomic E-state index is 0.0519. The Morgan fingerprint density at radius 2 is 1.90 bits per heavy atom. The maximum Gasteiger partial charge on any atom is 0.274 e. The highest BCUT2D eigenvalue weighted by atomic mass is 32.2. The second-order valence-corrected chi connectivity index (χ2v) is 8.51. The molecule has 31 heavy (non-hydrogen) atoms. The van der Waals surface area contributed by atoms with Crippen LogP contribution in [0.2, 0.25) is 0 Å². The van der Waals surface area contributed by atoms with E-state index in [0.29, 0.717) is 5.82 Å². The molecule has 11 nitrogen and oxygen atoms in total. The molecule has 12 heteroatoms. The second-order valence-electron chi connectivity index (χ2n) is 6.60. The van der Waals surface area contributed by atoms with Crippen LogP contribution in [0.3, 0.4) is 0 Å². The summed E-state index contributed by atoms with van der Waals surface area (Å²) in [6.07, 6.45) is 0.919. The van der Waals surface area contributed by atoms with Crippen molar-refractivity contribution in [2.45, 2.75) is 13.5 Å². The van der Waals surface area contributed by atoms with Crippen molar-refractivity contribution < 1.29 is 22.7 Å². The van der Waals surface area contributed by atoms with E-state index in [4.69, 9.17) is 4.52 Å². The van der Waals surface area contributed by atoms with Crippen LogP contribution in [-0.2, 0) is 21.4 Å². The fourth-order valence-electron chi connectivity index (χ4n) is 2.85. The molecular weight excluding hydrogens is 426 g/mol. The van der Waals surface area contributed by atoms with Crippen molar-refractivity contribution in [1.29, 1.82) is 0 Å². The number of anilines is 1. The third-order valence-electron chi connectivity index (χ3n) is 4.37. The van der Waals surface area contributed by atoms with Crippen LogP contribution in [0.1, 0.15) is 11.5 Å². The summed E-state index contributed by atoms with van der Waals surface area (Å²) in [5, 5.41) is 17.5. The first-order valence-electron chi connectivity index (χ1n) is 9.03. The highest BCUT2D eigenvalue weighted by molar-refractivity contribution is 7.92. The minimum atomic E-state index is -3.89. The number of hydrogen-bond acceptors (Lipinski definition) is 8. The molecule has 3 rings (SSSR count). The van der Waals surface area contributed by atoms with Crippen molar-refractivity contribution >= 4 is 27.3 Å². The van der Waals surface area contributed by atoms with Gasteiger partial charge in [0.1, 0.15) is 6.54 Å². The monoisotopic (exact) mass is 445 g/mol. The Morgan fingerprint density at radius 3 is 2.55 bits per heavy atom. The zero-order chi connectivity index (χ0) is 22.6. The maximum absolute atomic E-state index is 12.4. The van der Waals surface area contributed by atoms with Gasteiger partial charge in [0.25, 0.3) is 5.69 Å². The van der Waals surface area contributed by atoms with Crippen LogP contribution in [0.5, 0.6) is 0 Å². The predicted octanol–water partition coefficient (Wildman–Crippen LogP) is 2.04. The summed E-state index contributed by atoms with van der Waals surface area (Å²) < 4.78 is 30.5. The molecule has 162 valence electrons. The number of aromatic nitrogens is 2. The molecule has 1 aromatic heterocycles. The standard InChI is InChI=1S/C19H19N5O6S/c1-13-15(9-6-10-16(13)24(26)27)23(31(2,28)29)12-17(25)20-11-18-21-19(22-30-18)14-7-4-3-5-8-14/h3-10H,11-12H2,1-2H3,(H,20,25). The van der Waals surface area contributed by atoms with Gasteiger partial charge in [-0.05, 0) is 13.0 Å². The summed E-state index contributed by atoms with van der Waals surface area (Å²) in [6, 6.07) is 13.1. The molecule has 1 amide bonds. The van der Waals surface area contributed by atoms with E-state index in [1.54, 1.807) is 12.1 Å². The SMILES string of the molecule is Cc1c(N(CC(=O)NCc2nc(-c3ccccc3)no2)S(C)(=O)=O)cccc1[N+](=O)[O-]. The largest absolute Gasteiger partial charge is 0.345 e. The fraction of sp³-hybridized carbons (Fsp3) is 0.211. The van der Waals surface area contributed by atoms with Gasteiger partial charge in [0.2, 0.25) is 27.6 Å². The van der Waals surface area contributed by atoms with Crippen molar-refractivity contribution in [2.75, 3.05) is 17.1 Å². The van der Waals surface area contributed by atoms with Gasteiger partial charge >= 0.3 is 0 Å². The van der Waals surface area contributed by atoms with Crippen LogP contribution in [-0.4, -0.2) is 42.2 Å². The molecule has 0 saturated heterocycles. The third-order valence-corrected chi connectivity index (χ3v) is 5.49. The molecule has 0 fully saturated rings. The lowest BCUT2D eigenvalue weighted by molar-refractivity contribution is -0.385. The lowest BCUT2D eigenvalue weighted by atomic mass is 10.1. The quantitative estimate of drug-likeness (QED) is 0.409. The summed E-state index contributed by atoms with van der Waals surface area (Å²) in [6.45, 7) is 0.748. The van der Waals surface area contributed by atoms with Crippen molar-refractivity contribution in [3.8, 4) is 11.4 Å². The summed E-state index contributed by atoms with van der Waals surface area (Å²) in [4.78, 5) is 27.2. The number of amides is 1. The molecule has 0 radical (unpaired) electrons. The Balaban J connectivity index is 1.72. The number of carbonyl (C=O) groups is 1. The number of hydrogen-bond donors (Lipinski definition) is 1. The number of nitrogens with one attached hydrogen (secondary N) is 1. The Morgan fingerprint density at radius 1 is 1.19 bits per heavy atom. The van der Waals surface area contributed by atoms with E-state index < -0.39 is 27.4 Å². The normalized spacial score (nSPS) is 11.2. The van der Waals surface area contributed by atoms with Crippen LogP contribution < -0.4 is 9.62 Å². The molecule has 0 aliphatic rings. The number of carbonyl (C=O) groups excluding carboxylic acids is 1. The molecule has 0 aliphatic heterocycles. The first-order valence-corrected chi connectivity index (χ1v) is 10.9. The van der Waals surface area contributed by atoms with Gasteiger partial charge in [0.05, 0.1) is 29.0 Å². The fourth-order valence-corrected chi connectivity index (χ4v) is 3.76. The number of nitrogens with zero attached hydrogens (tertiary/aromatic N) is 4. The third kappa shape index (κ3) is 5.22. The molecule has 0 saturated carbocycles. The van der Waals surface area contributed by atoms with E-state index in [-0.39, 0.29) is 29.4 Å². The Bertz CT molecular complexity index is 1210. The van der Waals surface area contributed by atoms with Crippen molar-refractivity contribution in [3.63, 3.8) is 0 Å². The molecule has 0 bridgehead atoms. The highest BCUT2D eigenvalue weighted by Gasteiger charge is 2.26. The molecule has 1 N–H and O–H groups in total. The molecule has 0 spiro atoms. The Kier molecular flexibility index (Phi) is 6.30. The van der Waals surface area contributed by atoms with E-state index >= 15 is 0 Å². The summed E-state index contributed by atoms with van der Waals surface area (Å²) in [5.74, 6) is -0.143. The van der Waals surface area contributed by atoms with Gasteiger partial charge in [-0.15, -0.1) is 0 Å². The van der Waals surface area contributed by atoms with Crippen molar-refractivity contribution in [3.05, 3.63) is 70.1 Å². The lowest BCUT2D eigenvalue weighted by Crippen LogP contribution is -2.40. The van der Waals surface area contributed by atoms with Crippen LogP contribution in [0.15, 0.2) is 53.1 Å². The van der Waals surface area contributed by atoms with Gasteiger partial charge in [0.15, 0.2) is 0 Å². The van der Waals surface area contributed by atoms with Gasteiger partial charge in [-0.25, -0.2) is 8.42 Å². The number of sulfonamides is 1. The topological polar surface area (TPSA) is 149 Å². The first kappa shape index (κ1) is 21.9. The van der Waals surface area contributed by atoms with E-state index in [1.807, 2.05) is 18.2 Å². The first-order chi connectivity index (χ1) is 14.7. The smallest absolute Gasteiger partial charge is 0.274 e. The van der Waals surface area contributed by atoms with Gasteiger partial charge < -0.3 is 9.84 Å². The van der Waals surface area contributed by atoms with Crippen molar-refractivity contribution in [1.82, 2.24) is 15.5 Å². The number of rotatable bonds is 8. The van der Waals surface area contributed by atoms with Crippen LogP contribution in [0, 0.1) is 17.0 Å². The van der Waals surface area contributed by atoms with Gasteiger partial charge in [-0.2, -0.15) is 4.98 Å². The number of nitro benzene ring substituents is 1. The average molecular weight is 445 g/mol.